The molecule has 0 N–H and O–H groups in total. The lowest BCUT2D eigenvalue weighted by Crippen LogP contribution is -2.14. The van der Waals surface area contributed by atoms with Gasteiger partial charge >= 0.3 is 0 Å². The Labute approximate surface area is 159 Å². The van der Waals surface area contributed by atoms with E-state index in [1.807, 2.05) is 0 Å². The summed E-state index contributed by atoms with van der Waals surface area (Å²) in [7, 11) is 1.55. The molecule has 0 unspecified atom stereocenters. The van der Waals surface area contributed by atoms with Crippen molar-refractivity contribution >= 4 is 10.9 Å². The Morgan fingerprint density at radius 1 is 1.07 bits per heavy atom. The van der Waals surface area contributed by atoms with Crippen LogP contribution in [-0.2, 0) is 23.1 Å². The van der Waals surface area contributed by atoms with Gasteiger partial charge in [-0.25, -0.2) is 9.78 Å². The minimum absolute atomic E-state index is 0.448. The Morgan fingerprint density at radius 3 is 2.78 bits per heavy atom. The van der Waals surface area contributed by atoms with Crippen molar-refractivity contribution in [3.8, 4) is 17.0 Å². The van der Waals surface area contributed by atoms with E-state index in [-0.39, 0.29) is 0 Å². The minimum atomic E-state index is 0.448. The second-order valence-electron chi connectivity index (χ2n) is 7.58. The van der Waals surface area contributed by atoms with Gasteiger partial charge in [-0.2, -0.15) is 0 Å². The number of fused-ring (bicyclic) bond motifs is 5. The first-order valence-corrected chi connectivity index (χ1v) is 9.89. The van der Waals surface area contributed by atoms with Crippen LogP contribution in [0.15, 0.2) is 42.5 Å². The van der Waals surface area contributed by atoms with Gasteiger partial charge in [-0.15, -0.1) is 0 Å². The molecule has 4 heteroatoms. The maximum atomic E-state index is 6.09. The van der Waals surface area contributed by atoms with Gasteiger partial charge in [0, 0.05) is 10.9 Å². The van der Waals surface area contributed by atoms with Gasteiger partial charge in [0.2, 0.25) is 0 Å². The first kappa shape index (κ1) is 16.8. The summed E-state index contributed by atoms with van der Waals surface area (Å²) in [5.41, 5.74) is 6.43. The molecule has 140 valence electrons. The lowest BCUT2D eigenvalue weighted by molar-refractivity contribution is -0.282. The van der Waals surface area contributed by atoms with Gasteiger partial charge in [0.1, 0.15) is 12.4 Å². The molecule has 0 spiro atoms. The SMILES string of the molecule is COOCc1ccc2c(C3CCCCC3)c3n(c2c1)COc1ccccc1-3. The molecule has 0 saturated heterocycles. The molecule has 0 atom stereocenters. The van der Waals surface area contributed by atoms with Crippen molar-refractivity contribution in [1.29, 1.82) is 0 Å². The van der Waals surface area contributed by atoms with Crippen molar-refractivity contribution in [1.82, 2.24) is 4.57 Å². The van der Waals surface area contributed by atoms with Crippen LogP contribution in [0.5, 0.6) is 5.75 Å². The molecule has 1 aromatic heterocycles. The maximum absolute atomic E-state index is 6.09. The molecule has 0 amide bonds. The summed E-state index contributed by atoms with van der Waals surface area (Å²) in [5, 5.41) is 1.36. The van der Waals surface area contributed by atoms with Gasteiger partial charge in [-0.3, -0.25) is 0 Å². The van der Waals surface area contributed by atoms with Crippen LogP contribution < -0.4 is 4.74 Å². The molecule has 0 bridgehead atoms. The highest BCUT2D eigenvalue weighted by Gasteiger charge is 2.29. The largest absolute Gasteiger partial charge is 0.472 e. The Balaban J connectivity index is 1.73. The number of rotatable bonds is 4. The number of para-hydroxylation sites is 1. The number of hydrogen-bond donors (Lipinski definition) is 0. The quantitative estimate of drug-likeness (QED) is 0.435. The number of benzene rings is 2. The van der Waals surface area contributed by atoms with E-state index in [4.69, 9.17) is 14.5 Å². The third-order valence-electron chi connectivity index (χ3n) is 6.02. The monoisotopic (exact) mass is 363 g/mol. The van der Waals surface area contributed by atoms with E-state index in [1.165, 1.54) is 59.8 Å². The van der Waals surface area contributed by atoms with Crippen molar-refractivity contribution < 1.29 is 14.5 Å². The number of aromatic nitrogens is 1. The highest BCUT2D eigenvalue weighted by molar-refractivity contribution is 5.94. The van der Waals surface area contributed by atoms with Gasteiger partial charge in [0.15, 0.2) is 6.73 Å². The summed E-state index contributed by atoms with van der Waals surface area (Å²) in [6, 6.07) is 15.1. The molecule has 27 heavy (non-hydrogen) atoms. The minimum Gasteiger partial charge on any atom is -0.472 e. The molecule has 1 aliphatic carbocycles. The van der Waals surface area contributed by atoms with E-state index in [9.17, 15) is 0 Å². The number of ether oxygens (including phenoxy) is 1. The predicted octanol–water partition coefficient (Wildman–Crippen LogP) is 5.78. The van der Waals surface area contributed by atoms with Crippen LogP contribution in [0.25, 0.3) is 22.2 Å². The van der Waals surface area contributed by atoms with E-state index in [1.54, 1.807) is 7.11 Å². The van der Waals surface area contributed by atoms with Crippen LogP contribution in [0, 0.1) is 0 Å². The molecule has 1 aliphatic heterocycles. The number of hydrogen-bond acceptors (Lipinski definition) is 3. The average molecular weight is 363 g/mol. The van der Waals surface area contributed by atoms with E-state index in [0.717, 1.165) is 11.3 Å². The summed E-state index contributed by atoms with van der Waals surface area (Å²) in [6.07, 6.45) is 6.58. The summed E-state index contributed by atoms with van der Waals surface area (Å²) < 4.78 is 8.43. The Hall–Kier alpha value is -2.30. The van der Waals surface area contributed by atoms with E-state index in [2.05, 4.69) is 47.0 Å². The van der Waals surface area contributed by atoms with Crippen LogP contribution in [-0.4, -0.2) is 11.7 Å². The van der Waals surface area contributed by atoms with Gasteiger partial charge in [-0.05, 0) is 48.1 Å². The Morgan fingerprint density at radius 2 is 1.93 bits per heavy atom. The van der Waals surface area contributed by atoms with Crippen LogP contribution >= 0.6 is 0 Å². The fourth-order valence-corrected chi connectivity index (χ4v) is 4.79. The van der Waals surface area contributed by atoms with E-state index < -0.39 is 0 Å². The lowest BCUT2D eigenvalue weighted by Gasteiger charge is -2.26. The number of nitrogens with zero attached hydrogens (tertiary/aromatic N) is 1. The summed E-state index contributed by atoms with van der Waals surface area (Å²) in [4.78, 5) is 9.94. The van der Waals surface area contributed by atoms with Crippen LogP contribution in [0.2, 0.25) is 0 Å². The first-order valence-electron chi connectivity index (χ1n) is 9.89. The summed E-state index contributed by atoms with van der Waals surface area (Å²) >= 11 is 0. The van der Waals surface area contributed by atoms with Crippen LogP contribution in [0.3, 0.4) is 0 Å². The average Bonchev–Trinajstić information content (AvgIpc) is 3.07. The molecule has 0 radical (unpaired) electrons. The third-order valence-corrected chi connectivity index (χ3v) is 6.02. The molecule has 2 aliphatic rings. The Kier molecular flexibility index (Phi) is 4.38. The second kappa shape index (κ2) is 7.02. The van der Waals surface area contributed by atoms with Gasteiger partial charge < -0.3 is 9.30 Å². The lowest BCUT2D eigenvalue weighted by atomic mass is 9.81. The summed E-state index contributed by atoms with van der Waals surface area (Å²) in [6.45, 7) is 1.01. The molecular weight excluding hydrogens is 338 g/mol. The fourth-order valence-electron chi connectivity index (χ4n) is 4.79. The van der Waals surface area contributed by atoms with Crippen molar-refractivity contribution in [2.24, 2.45) is 0 Å². The maximum Gasteiger partial charge on any atom is 0.165 e. The smallest absolute Gasteiger partial charge is 0.165 e. The van der Waals surface area contributed by atoms with Gasteiger partial charge in [0.05, 0.1) is 18.3 Å². The zero-order valence-electron chi connectivity index (χ0n) is 15.7. The molecule has 4 nitrogen and oxygen atoms in total. The highest BCUT2D eigenvalue weighted by atomic mass is 17.2. The molecule has 5 rings (SSSR count). The molecule has 2 heterocycles. The van der Waals surface area contributed by atoms with Gasteiger partial charge in [-0.1, -0.05) is 43.5 Å². The standard InChI is InChI=1S/C23H25NO3/c1-25-27-14-16-11-12-18-20(13-16)24-15-26-21-10-6-5-9-19(21)23(24)22(18)17-7-3-2-4-8-17/h5-6,9-13,17H,2-4,7-8,14-15H2,1H3. The van der Waals surface area contributed by atoms with Crippen molar-refractivity contribution in [2.45, 2.75) is 51.4 Å². The van der Waals surface area contributed by atoms with Gasteiger partial charge in [0.25, 0.3) is 0 Å². The molecule has 1 fully saturated rings. The molecular formula is C23H25NO3. The van der Waals surface area contributed by atoms with Crippen molar-refractivity contribution in [2.75, 3.05) is 7.11 Å². The van der Waals surface area contributed by atoms with E-state index >= 15 is 0 Å². The molecule has 3 aromatic rings. The van der Waals surface area contributed by atoms with E-state index in [0.29, 0.717) is 19.3 Å². The second-order valence-corrected chi connectivity index (χ2v) is 7.58. The predicted molar refractivity (Wildman–Crippen MR) is 106 cm³/mol. The normalized spacial score (nSPS) is 16.8. The van der Waals surface area contributed by atoms with Crippen molar-refractivity contribution in [3.63, 3.8) is 0 Å². The summed E-state index contributed by atoms with van der Waals surface area (Å²) in [5.74, 6) is 1.62. The first-order chi connectivity index (χ1) is 13.4. The molecule has 2 aromatic carbocycles. The fraction of sp³-hybridized carbons (Fsp3) is 0.391. The highest BCUT2D eigenvalue weighted by Crippen LogP contribution is 2.47. The van der Waals surface area contributed by atoms with Crippen LogP contribution in [0.1, 0.15) is 49.1 Å². The topological polar surface area (TPSA) is 32.6 Å². The zero-order valence-corrected chi connectivity index (χ0v) is 15.7. The zero-order chi connectivity index (χ0) is 18.2. The Bertz CT molecular complexity index is 969. The third kappa shape index (κ3) is 2.84. The van der Waals surface area contributed by atoms with Crippen molar-refractivity contribution in [3.05, 3.63) is 53.6 Å². The molecule has 1 saturated carbocycles. The van der Waals surface area contributed by atoms with Crippen LogP contribution in [0.4, 0.5) is 0 Å².